The molecule has 4 rings (SSSR count). The van der Waals surface area contributed by atoms with Gasteiger partial charge in [-0.1, -0.05) is 43.7 Å². The number of carbonyl (C=O) groups excluding carboxylic acids is 1. The summed E-state index contributed by atoms with van der Waals surface area (Å²) in [6.07, 6.45) is 3.19. The third kappa shape index (κ3) is 4.24. The molecule has 0 bridgehead atoms. The summed E-state index contributed by atoms with van der Waals surface area (Å²) in [6.45, 7) is -0.165. The Morgan fingerprint density at radius 1 is 1.03 bits per heavy atom. The SMILES string of the molecule is CCCCc1ccc2c3c(C(N)=O)cccc3n(Cc3ccc(OC(F)F)cc3)c2c1. The smallest absolute Gasteiger partial charge is 0.387 e. The molecule has 0 aliphatic heterocycles. The third-order valence-corrected chi connectivity index (χ3v) is 5.53. The molecule has 31 heavy (non-hydrogen) atoms. The molecule has 0 spiro atoms. The van der Waals surface area contributed by atoms with Crippen molar-refractivity contribution < 1.29 is 18.3 Å². The zero-order chi connectivity index (χ0) is 22.0. The molecule has 4 nitrogen and oxygen atoms in total. The Bertz CT molecular complexity index is 1230. The number of carbonyl (C=O) groups is 1. The Morgan fingerprint density at radius 3 is 2.45 bits per heavy atom. The molecule has 0 aliphatic rings. The number of rotatable bonds is 8. The Hall–Kier alpha value is -3.41. The quantitative estimate of drug-likeness (QED) is 0.385. The second-order valence-electron chi connectivity index (χ2n) is 7.63. The number of nitrogens with two attached hydrogens (primary N) is 1. The molecule has 3 aromatic carbocycles. The van der Waals surface area contributed by atoms with Crippen LogP contribution in [0, 0.1) is 0 Å². The van der Waals surface area contributed by atoms with Crippen LogP contribution in [0.3, 0.4) is 0 Å². The molecular formula is C25H24F2N2O2. The van der Waals surface area contributed by atoms with E-state index >= 15 is 0 Å². The van der Waals surface area contributed by atoms with Crippen LogP contribution < -0.4 is 10.5 Å². The minimum absolute atomic E-state index is 0.124. The molecule has 2 N–H and O–H groups in total. The van der Waals surface area contributed by atoms with E-state index < -0.39 is 12.5 Å². The van der Waals surface area contributed by atoms with E-state index in [0.29, 0.717) is 12.1 Å². The standard InChI is InChI=1S/C25H24F2N2O2/c1-2-3-5-16-10-13-19-22(14-16)29(21-7-4-6-20(23(19)21)24(28)30)15-17-8-11-18(12-9-17)31-25(26)27/h4,6-14,25H,2-3,5,15H2,1H3,(H2,28,30). The molecule has 4 aromatic rings. The maximum absolute atomic E-state index is 12.4. The summed E-state index contributed by atoms with van der Waals surface area (Å²) in [7, 11) is 0. The predicted molar refractivity (Wildman–Crippen MR) is 119 cm³/mol. The first-order chi connectivity index (χ1) is 15.0. The first kappa shape index (κ1) is 20.8. The number of aryl methyl sites for hydroxylation is 1. The molecule has 0 saturated heterocycles. The Balaban J connectivity index is 1.84. The number of halogens is 2. The number of benzene rings is 3. The summed E-state index contributed by atoms with van der Waals surface area (Å²) in [4.78, 5) is 12.1. The first-order valence-corrected chi connectivity index (χ1v) is 10.4. The summed E-state index contributed by atoms with van der Waals surface area (Å²) >= 11 is 0. The number of nitrogens with zero attached hydrogens (tertiary/aromatic N) is 1. The highest BCUT2D eigenvalue weighted by atomic mass is 19.3. The fourth-order valence-electron chi connectivity index (χ4n) is 4.06. The van der Waals surface area contributed by atoms with E-state index in [1.807, 2.05) is 12.1 Å². The van der Waals surface area contributed by atoms with E-state index in [4.69, 9.17) is 5.73 Å². The maximum atomic E-state index is 12.4. The zero-order valence-electron chi connectivity index (χ0n) is 17.3. The van der Waals surface area contributed by atoms with Gasteiger partial charge in [-0.15, -0.1) is 0 Å². The Kier molecular flexibility index (Phi) is 5.89. The summed E-state index contributed by atoms with van der Waals surface area (Å²) in [5.74, 6) is -0.341. The van der Waals surface area contributed by atoms with Gasteiger partial charge in [-0.3, -0.25) is 4.79 Å². The van der Waals surface area contributed by atoms with Crippen molar-refractivity contribution in [2.75, 3.05) is 0 Å². The highest BCUT2D eigenvalue weighted by Gasteiger charge is 2.17. The molecule has 0 unspecified atom stereocenters. The van der Waals surface area contributed by atoms with Gasteiger partial charge in [0.25, 0.3) is 0 Å². The van der Waals surface area contributed by atoms with Crippen molar-refractivity contribution in [3.05, 3.63) is 77.4 Å². The van der Waals surface area contributed by atoms with E-state index in [9.17, 15) is 13.6 Å². The minimum Gasteiger partial charge on any atom is -0.435 e. The van der Waals surface area contributed by atoms with Crippen LogP contribution in [0.2, 0.25) is 0 Å². The van der Waals surface area contributed by atoms with E-state index in [-0.39, 0.29) is 5.75 Å². The van der Waals surface area contributed by atoms with Crippen LogP contribution in [0.1, 0.15) is 41.3 Å². The van der Waals surface area contributed by atoms with Gasteiger partial charge in [0.1, 0.15) is 5.75 Å². The van der Waals surface area contributed by atoms with Gasteiger partial charge in [0.05, 0.1) is 5.52 Å². The van der Waals surface area contributed by atoms with E-state index in [1.165, 1.54) is 17.7 Å². The first-order valence-electron chi connectivity index (χ1n) is 10.4. The molecule has 0 saturated carbocycles. The average molecular weight is 422 g/mol. The van der Waals surface area contributed by atoms with E-state index in [1.54, 1.807) is 18.2 Å². The van der Waals surface area contributed by atoms with Crippen LogP contribution in [-0.2, 0) is 13.0 Å². The second kappa shape index (κ2) is 8.76. The Labute approximate surface area is 179 Å². The molecule has 0 aliphatic carbocycles. The van der Waals surface area contributed by atoms with Crippen LogP contribution in [0.15, 0.2) is 60.7 Å². The normalized spacial score (nSPS) is 11.5. The minimum atomic E-state index is -2.85. The lowest BCUT2D eigenvalue weighted by molar-refractivity contribution is -0.0498. The zero-order valence-corrected chi connectivity index (χ0v) is 17.3. The van der Waals surface area contributed by atoms with Crippen molar-refractivity contribution in [2.24, 2.45) is 5.73 Å². The third-order valence-electron chi connectivity index (χ3n) is 5.53. The number of primary amides is 1. The molecular weight excluding hydrogens is 398 g/mol. The topological polar surface area (TPSA) is 57.2 Å². The summed E-state index contributed by atoms with van der Waals surface area (Å²) in [5.41, 5.74) is 10.2. The number of fused-ring (bicyclic) bond motifs is 3. The lowest BCUT2D eigenvalue weighted by Crippen LogP contribution is -2.11. The highest BCUT2D eigenvalue weighted by Crippen LogP contribution is 2.33. The molecule has 0 fully saturated rings. The van der Waals surface area contributed by atoms with Crippen LogP contribution >= 0.6 is 0 Å². The van der Waals surface area contributed by atoms with Crippen LogP contribution in [-0.4, -0.2) is 17.1 Å². The number of aromatic nitrogens is 1. The van der Waals surface area contributed by atoms with Gasteiger partial charge < -0.3 is 15.0 Å². The van der Waals surface area contributed by atoms with Crippen molar-refractivity contribution >= 4 is 27.7 Å². The number of hydrogen-bond donors (Lipinski definition) is 1. The van der Waals surface area contributed by atoms with Crippen molar-refractivity contribution in [3.63, 3.8) is 0 Å². The van der Waals surface area contributed by atoms with Crippen molar-refractivity contribution in [2.45, 2.75) is 39.3 Å². The van der Waals surface area contributed by atoms with Crippen LogP contribution in [0.4, 0.5) is 8.78 Å². The number of ether oxygens (including phenoxy) is 1. The number of unbranched alkanes of at least 4 members (excludes halogenated alkanes) is 1. The van der Waals surface area contributed by atoms with Crippen LogP contribution in [0.25, 0.3) is 21.8 Å². The molecule has 1 aromatic heterocycles. The molecule has 0 radical (unpaired) electrons. The van der Waals surface area contributed by atoms with Gasteiger partial charge in [0, 0.05) is 28.4 Å². The Morgan fingerprint density at radius 2 is 1.77 bits per heavy atom. The molecule has 0 atom stereocenters. The van der Waals surface area contributed by atoms with Crippen molar-refractivity contribution in [1.29, 1.82) is 0 Å². The van der Waals surface area contributed by atoms with Gasteiger partial charge in [-0.25, -0.2) is 0 Å². The number of amides is 1. The number of hydrogen-bond acceptors (Lipinski definition) is 2. The lowest BCUT2D eigenvalue weighted by atomic mass is 10.0. The molecule has 6 heteroatoms. The average Bonchev–Trinajstić information content (AvgIpc) is 3.06. The van der Waals surface area contributed by atoms with E-state index in [2.05, 4.69) is 34.4 Å². The highest BCUT2D eigenvalue weighted by molar-refractivity contribution is 6.18. The molecule has 1 heterocycles. The predicted octanol–water partition coefficient (Wildman–Crippen LogP) is 5.89. The van der Waals surface area contributed by atoms with Gasteiger partial charge in [0.15, 0.2) is 0 Å². The molecule has 1 amide bonds. The van der Waals surface area contributed by atoms with Gasteiger partial charge in [0.2, 0.25) is 5.91 Å². The van der Waals surface area contributed by atoms with Crippen molar-refractivity contribution in [3.8, 4) is 5.75 Å². The summed E-state index contributed by atoms with van der Waals surface area (Å²) < 4.78 is 31.5. The van der Waals surface area contributed by atoms with Gasteiger partial charge >= 0.3 is 6.61 Å². The summed E-state index contributed by atoms with van der Waals surface area (Å²) in [6, 6.07) is 18.5. The largest absolute Gasteiger partial charge is 0.435 e. The van der Waals surface area contributed by atoms with Crippen molar-refractivity contribution in [1.82, 2.24) is 4.57 Å². The monoisotopic (exact) mass is 422 g/mol. The van der Waals surface area contributed by atoms with Gasteiger partial charge in [-0.05, 0) is 54.3 Å². The summed E-state index contributed by atoms with van der Waals surface area (Å²) in [5, 5.41) is 1.81. The van der Waals surface area contributed by atoms with Crippen LogP contribution in [0.5, 0.6) is 5.75 Å². The second-order valence-corrected chi connectivity index (χ2v) is 7.63. The van der Waals surface area contributed by atoms with E-state index in [0.717, 1.165) is 46.6 Å². The fourth-order valence-corrected chi connectivity index (χ4v) is 4.06. The maximum Gasteiger partial charge on any atom is 0.387 e. The fraction of sp³-hybridized carbons (Fsp3) is 0.240. The lowest BCUT2D eigenvalue weighted by Gasteiger charge is -2.10. The number of alkyl halides is 2. The van der Waals surface area contributed by atoms with Gasteiger partial charge in [-0.2, -0.15) is 8.78 Å². The molecule has 160 valence electrons.